The zero-order valence-corrected chi connectivity index (χ0v) is 12.6. The first-order chi connectivity index (χ1) is 9.45. The second-order valence-electron chi connectivity index (χ2n) is 4.14. The molecule has 0 aliphatic carbocycles. The zero-order valence-electron chi connectivity index (χ0n) is 11.0. The number of anilines is 2. The SMILES string of the molecule is CNc1cccnc1S(=O)(=O)Nc1c(C)cccc1Cl. The molecule has 20 heavy (non-hydrogen) atoms. The Morgan fingerprint density at radius 1 is 1.20 bits per heavy atom. The lowest BCUT2D eigenvalue weighted by molar-refractivity contribution is 0.598. The number of sulfonamides is 1. The second-order valence-corrected chi connectivity index (χ2v) is 6.15. The molecule has 2 rings (SSSR count). The summed E-state index contributed by atoms with van der Waals surface area (Å²) in [5, 5.41) is 3.08. The van der Waals surface area contributed by atoms with Gasteiger partial charge >= 0.3 is 0 Å². The van der Waals surface area contributed by atoms with E-state index in [-0.39, 0.29) is 5.03 Å². The molecule has 0 saturated carbocycles. The van der Waals surface area contributed by atoms with E-state index in [2.05, 4.69) is 15.0 Å². The molecule has 0 bridgehead atoms. The first-order valence-electron chi connectivity index (χ1n) is 5.86. The molecule has 1 heterocycles. The van der Waals surface area contributed by atoms with Gasteiger partial charge in [0.2, 0.25) is 0 Å². The van der Waals surface area contributed by atoms with Crippen LogP contribution in [0.25, 0.3) is 0 Å². The Balaban J connectivity index is 2.47. The first-order valence-corrected chi connectivity index (χ1v) is 7.72. The number of nitrogens with one attached hydrogen (secondary N) is 2. The smallest absolute Gasteiger partial charge is 0.281 e. The van der Waals surface area contributed by atoms with Gasteiger partial charge in [-0.25, -0.2) is 4.98 Å². The number of aromatic nitrogens is 1. The van der Waals surface area contributed by atoms with Crippen molar-refractivity contribution in [3.8, 4) is 0 Å². The van der Waals surface area contributed by atoms with Crippen LogP contribution in [0.4, 0.5) is 11.4 Å². The molecule has 0 amide bonds. The van der Waals surface area contributed by atoms with Crippen LogP contribution >= 0.6 is 11.6 Å². The van der Waals surface area contributed by atoms with E-state index in [9.17, 15) is 8.42 Å². The predicted molar refractivity (Wildman–Crippen MR) is 80.8 cm³/mol. The molecule has 1 aromatic heterocycles. The maximum Gasteiger partial charge on any atom is 0.281 e. The van der Waals surface area contributed by atoms with Gasteiger partial charge in [0.1, 0.15) is 0 Å². The average molecular weight is 312 g/mol. The monoisotopic (exact) mass is 311 g/mol. The van der Waals surface area contributed by atoms with Crippen LogP contribution in [0.3, 0.4) is 0 Å². The van der Waals surface area contributed by atoms with Gasteiger partial charge in [-0.1, -0.05) is 23.7 Å². The van der Waals surface area contributed by atoms with Crippen molar-refractivity contribution < 1.29 is 8.42 Å². The molecule has 5 nitrogen and oxygen atoms in total. The number of hydrogen-bond acceptors (Lipinski definition) is 4. The van der Waals surface area contributed by atoms with Crippen molar-refractivity contribution in [3.63, 3.8) is 0 Å². The quantitative estimate of drug-likeness (QED) is 0.911. The summed E-state index contributed by atoms with van der Waals surface area (Å²) in [6, 6.07) is 8.47. The van der Waals surface area contributed by atoms with Crippen LogP contribution < -0.4 is 10.0 Å². The van der Waals surface area contributed by atoms with E-state index in [4.69, 9.17) is 11.6 Å². The molecule has 2 N–H and O–H groups in total. The molecule has 0 spiro atoms. The summed E-state index contributed by atoms with van der Waals surface area (Å²) in [6.45, 7) is 1.78. The first kappa shape index (κ1) is 14.6. The minimum Gasteiger partial charge on any atom is -0.386 e. The fraction of sp³-hybridized carbons (Fsp3) is 0.154. The lowest BCUT2D eigenvalue weighted by atomic mass is 10.2. The highest BCUT2D eigenvalue weighted by Crippen LogP contribution is 2.28. The number of nitrogens with zero attached hydrogens (tertiary/aromatic N) is 1. The van der Waals surface area contributed by atoms with E-state index >= 15 is 0 Å². The van der Waals surface area contributed by atoms with Gasteiger partial charge in [0, 0.05) is 13.2 Å². The molecule has 0 saturated heterocycles. The minimum atomic E-state index is -3.81. The number of aryl methyl sites for hydroxylation is 1. The van der Waals surface area contributed by atoms with Crippen molar-refractivity contribution in [1.29, 1.82) is 0 Å². The van der Waals surface area contributed by atoms with E-state index in [1.807, 2.05) is 0 Å². The van der Waals surface area contributed by atoms with Gasteiger partial charge < -0.3 is 5.32 Å². The Morgan fingerprint density at radius 3 is 2.60 bits per heavy atom. The molecular formula is C13H14ClN3O2S. The second kappa shape index (κ2) is 5.68. The molecule has 0 aliphatic rings. The van der Waals surface area contributed by atoms with Crippen LogP contribution in [0.15, 0.2) is 41.6 Å². The van der Waals surface area contributed by atoms with Crippen LogP contribution in [0.2, 0.25) is 5.02 Å². The van der Waals surface area contributed by atoms with Crippen LogP contribution in [-0.4, -0.2) is 20.4 Å². The van der Waals surface area contributed by atoms with E-state index < -0.39 is 10.0 Å². The summed E-state index contributed by atoms with van der Waals surface area (Å²) in [4.78, 5) is 3.92. The Labute approximate surface area is 123 Å². The van der Waals surface area contributed by atoms with Crippen molar-refractivity contribution in [2.24, 2.45) is 0 Å². The highest BCUT2D eigenvalue weighted by Gasteiger charge is 2.21. The zero-order chi connectivity index (χ0) is 14.8. The molecule has 0 aliphatic heterocycles. The molecule has 0 fully saturated rings. The van der Waals surface area contributed by atoms with Crippen molar-refractivity contribution >= 4 is 33.0 Å². The topological polar surface area (TPSA) is 71.1 Å². The van der Waals surface area contributed by atoms with E-state index in [0.717, 1.165) is 5.56 Å². The number of halogens is 1. The largest absolute Gasteiger partial charge is 0.386 e. The van der Waals surface area contributed by atoms with Gasteiger partial charge in [0.15, 0.2) is 5.03 Å². The van der Waals surface area contributed by atoms with Gasteiger partial charge in [-0.15, -0.1) is 0 Å². The van der Waals surface area contributed by atoms with Crippen molar-refractivity contribution in [3.05, 3.63) is 47.1 Å². The molecule has 1 aromatic carbocycles. The normalized spacial score (nSPS) is 11.2. The summed E-state index contributed by atoms with van der Waals surface area (Å²) in [5.41, 5.74) is 1.52. The minimum absolute atomic E-state index is 0.0678. The summed E-state index contributed by atoms with van der Waals surface area (Å²) >= 11 is 6.03. The number of rotatable bonds is 4. The third-order valence-corrected chi connectivity index (χ3v) is 4.38. The Bertz CT molecular complexity index is 712. The lowest BCUT2D eigenvalue weighted by Crippen LogP contribution is -2.17. The Kier molecular flexibility index (Phi) is 4.15. The average Bonchev–Trinajstić information content (AvgIpc) is 2.43. The Morgan fingerprint density at radius 2 is 1.95 bits per heavy atom. The maximum atomic E-state index is 12.4. The van der Waals surface area contributed by atoms with Gasteiger partial charge in [-0.05, 0) is 30.7 Å². The third kappa shape index (κ3) is 2.86. The van der Waals surface area contributed by atoms with Gasteiger partial charge in [0.25, 0.3) is 10.0 Å². The maximum absolute atomic E-state index is 12.4. The van der Waals surface area contributed by atoms with Gasteiger partial charge in [0.05, 0.1) is 16.4 Å². The summed E-state index contributed by atoms with van der Waals surface area (Å²) in [5.74, 6) is 0. The number of para-hydroxylation sites is 1. The Hall–Kier alpha value is -1.79. The van der Waals surface area contributed by atoms with Crippen LogP contribution in [0.1, 0.15) is 5.56 Å². The highest BCUT2D eigenvalue weighted by atomic mass is 35.5. The lowest BCUT2D eigenvalue weighted by Gasteiger charge is -2.13. The standard InChI is InChI=1S/C13H14ClN3O2S/c1-9-5-3-6-10(14)12(9)17-20(18,19)13-11(15-2)7-4-8-16-13/h3-8,15,17H,1-2H3. The summed E-state index contributed by atoms with van der Waals surface area (Å²) < 4.78 is 27.3. The summed E-state index contributed by atoms with van der Waals surface area (Å²) in [6.07, 6.45) is 1.43. The molecule has 2 aromatic rings. The third-order valence-electron chi connectivity index (χ3n) is 2.75. The fourth-order valence-electron chi connectivity index (χ4n) is 1.74. The van der Waals surface area contributed by atoms with Crippen molar-refractivity contribution in [2.45, 2.75) is 11.9 Å². The molecule has 0 radical (unpaired) electrons. The molecule has 0 unspecified atom stereocenters. The van der Waals surface area contributed by atoms with E-state index in [0.29, 0.717) is 16.4 Å². The molecule has 7 heteroatoms. The molecule has 106 valence electrons. The van der Waals surface area contributed by atoms with Crippen LogP contribution in [0.5, 0.6) is 0 Å². The fourth-order valence-corrected chi connectivity index (χ4v) is 3.36. The summed E-state index contributed by atoms with van der Waals surface area (Å²) in [7, 11) is -2.17. The number of benzene rings is 1. The van der Waals surface area contributed by atoms with Crippen LogP contribution in [-0.2, 0) is 10.0 Å². The molecule has 0 atom stereocenters. The van der Waals surface area contributed by atoms with Gasteiger partial charge in [-0.2, -0.15) is 8.42 Å². The van der Waals surface area contributed by atoms with Crippen LogP contribution in [0, 0.1) is 6.92 Å². The van der Waals surface area contributed by atoms with E-state index in [1.165, 1.54) is 6.20 Å². The van der Waals surface area contributed by atoms with Crippen molar-refractivity contribution in [1.82, 2.24) is 4.98 Å². The number of hydrogen-bond donors (Lipinski definition) is 2. The number of pyridine rings is 1. The van der Waals surface area contributed by atoms with Crippen molar-refractivity contribution in [2.75, 3.05) is 17.1 Å². The molecular weight excluding hydrogens is 298 g/mol. The highest BCUT2D eigenvalue weighted by molar-refractivity contribution is 7.92. The predicted octanol–water partition coefficient (Wildman–Crippen LogP) is 2.89. The van der Waals surface area contributed by atoms with E-state index in [1.54, 1.807) is 44.3 Å². The van der Waals surface area contributed by atoms with Gasteiger partial charge in [-0.3, -0.25) is 4.72 Å².